The third-order valence-corrected chi connectivity index (χ3v) is 11.9. The topological polar surface area (TPSA) is 141 Å². The van der Waals surface area contributed by atoms with Gasteiger partial charge in [0.1, 0.15) is 48.8 Å². The molecule has 2 aliphatic rings. The molecule has 13 heteroatoms. The Labute approximate surface area is 398 Å². The van der Waals surface area contributed by atoms with Gasteiger partial charge in [0, 0.05) is 12.0 Å². The standard InChI is InChI=1S/C55H59N3O10/c1-59-55-53(65-37-45-30-18-7-19-31-45)52(64-36-44-28-16-6-17-29-44)50(62-34-42-24-12-4-13-25-42)47(68-55)39-66-54-48(57-58-56)51(63-35-43-26-14-5-15-27-43)49(61-33-41-22-10-3-11-23-41)46(67-54)38-60-32-40-20-8-2-9-21-40/h2-31,46-55H,32-39H2,1H3/t46-,47-,48-,49+,50-,51-,52+,53-,54+,55+/m1/s1. The van der Waals surface area contributed by atoms with Gasteiger partial charge in [-0.05, 0) is 38.9 Å². The molecule has 2 fully saturated rings. The Bertz CT molecular complexity index is 2370. The molecule has 0 unspecified atom stereocenters. The minimum atomic E-state index is -1.14. The third kappa shape index (κ3) is 13.9. The van der Waals surface area contributed by atoms with Crippen molar-refractivity contribution in [1.82, 2.24) is 0 Å². The van der Waals surface area contributed by atoms with Gasteiger partial charge < -0.3 is 47.4 Å². The summed E-state index contributed by atoms with van der Waals surface area (Å²) in [5.41, 5.74) is 16.0. The fourth-order valence-corrected chi connectivity index (χ4v) is 8.40. The Morgan fingerprint density at radius 3 is 1.15 bits per heavy atom. The maximum Gasteiger partial charge on any atom is 0.186 e. The zero-order chi connectivity index (χ0) is 46.6. The Morgan fingerprint density at radius 1 is 0.397 bits per heavy atom. The SMILES string of the molecule is CO[C@H]1O[C@H](CO[C@H]2O[C@H](COCc3ccccc3)[C@H](OCc3ccccc3)[C@H](OCc3ccccc3)[C@H]2N=[N+]=[N-])[C@@H](OCc2ccccc2)[C@H](OCc2ccccc2)[C@H]1OCc1ccccc1. The number of methoxy groups -OCH3 is 1. The molecule has 354 valence electrons. The van der Waals surface area contributed by atoms with Crippen LogP contribution < -0.4 is 0 Å². The molecule has 68 heavy (non-hydrogen) atoms. The van der Waals surface area contributed by atoms with Crippen molar-refractivity contribution in [1.29, 1.82) is 0 Å². The van der Waals surface area contributed by atoms with Crippen LogP contribution >= 0.6 is 0 Å². The molecule has 0 aliphatic carbocycles. The highest BCUT2D eigenvalue weighted by Gasteiger charge is 2.51. The van der Waals surface area contributed by atoms with E-state index in [1.54, 1.807) is 7.11 Å². The lowest BCUT2D eigenvalue weighted by atomic mass is 9.96. The zero-order valence-electron chi connectivity index (χ0n) is 38.2. The van der Waals surface area contributed by atoms with Crippen molar-refractivity contribution in [2.45, 2.75) is 101 Å². The molecule has 10 atom stereocenters. The second-order valence-electron chi connectivity index (χ2n) is 16.7. The van der Waals surface area contributed by atoms with Crippen molar-refractivity contribution in [3.05, 3.63) is 226 Å². The molecule has 0 aromatic heterocycles. The summed E-state index contributed by atoms with van der Waals surface area (Å²) in [4.78, 5) is 3.30. The highest BCUT2D eigenvalue weighted by Crippen LogP contribution is 2.35. The van der Waals surface area contributed by atoms with E-state index in [1.165, 1.54) is 0 Å². The molecule has 0 saturated carbocycles. The smallest absolute Gasteiger partial charge is 0.186 e. The zero-order valence-corrected chi connectivity index (χ0v) is 38.2. The van der Waals surface area contributed by atoms with Crippen molar-refractivity contribution in [3.8, 4) is 0 Å². The normalized spacial score (nSPS) is 24.8. The monoisotopic (exact) mass is 921 g/mol. The molecule has 2 saturated heterocycles. The number of benzene rings is 6. The number of hydrogen-bond acceptors (Lipinski definition) is 11. The van der Waals surface area contributed by atoms with E-state index in [4.69, 9.17) is 47.4 Å². The first-order valence-electron chi connectivity index (χ1n) is 23.0. The van der Waals surface area contributed by atoms with Crippen LogP contribution in [0.2, 0.25) is 0 Å². The lowest BCUT2D eigenvalue weighted by Gasteiger charge is -2.47. The Morgan fingerprint density at radius 2 is 0.735 bits per heavy atom. The summed E-state index contributed by atoms with van der Waals surface area (Å²) in [5, 5.41) is 4.30. The van der Waals surface area contributed by atoms with Crippen LogP contribution in [-0.4, -0.2) is 81.7 Å². The van der Waals surface area contributed by atoms with Crippen molar-refractivity contribution >= 4 is 0 Å². The van der Waals surface area contributed by atoms with E-state index in [1.807, 2.05) is 182 Å². The quantitative estimate of drug-likeness (QED) is 0.0327. The highest BCUT2D eigenvalue weighted by molar-refractivity contribution is 5.18. The minimum absolute atomic E-state index is 0.0867. The fourth-order valence-electron chi connectivity index (χ4n) is 8.40. The number of rotatable bonds is 24. The van der Waals surface area contributed by atoms with Crippen molar-refractivity contribution in [2.75, 3.05) is 20.3 Å². The molecular weight excluding hydrogens is 863 g/mol. The van der Waals surface area contributed by atoms with Gasteiger partial charge in [-0.3, -0.25) is 0 Å². The Hall–Kier alpha value is -5.77. The second-order valence-corrected chi connectivity index (χ2v) is 16.7. The van der Waals surface area contributed by atoms with Crippen molar-refractivity contribution < 1.29 is 47.4 Å². The van der Waals surface area contributed by atoms with Crippen LogP contribution in [0.5, 0.6) is 0 Å². The first-order chi connectivity index (χ1) is 33.6. The van der Waals surface area contributed by atoms with Crippen LogP contribution in [0.3, 0.4) is 0 Å². The van der Waals surface area contributed by atoms with Crippen LogP contribution in [0.25, 0.3) is 10.4 Å². The lowest BCUT2D eigenvalue weighted by molar-refractivity contribution is -0.336. The number of hydrogen-bond donors (Lipinski definition) is 0. The second kappa shape index (κ2) is 26.1. The highest BCUT2D eigenvalue weighted by atomic mass is 16.7. The number of azide groups is 1. The molecule has 0 bridgehead atoms. The van der Waals surface area contributed by atoms with E-state index in [2.05, 4.69) is 10.0 Å². The summed E-state index contributed by atoms with van der Waals surface area (Å²) in [6, 6.07) is 58.3. The van der Waals surface area contributed by atoms with E-state index in [0.717, 1.165) is 33.4 Å². The molecule has 6 aromatic rings. The van der Waals surface area contributed by atoms with Gasteiger partial charge in [-0.25, -0.2) is 0 Å². The van der Waals surface area contributed by atoms with Crippen molar-refractivity contribution in [3.63, 3.8) is 0 Å². The van der Waals surface area contributed by atoms with Gasteiger partial charge in [-0.15, -0.1) is 0 Å². The molecule has 2 heterocycles. The van der Waals surface area contributed by atoms with E-state index in [0.29, 0.717) is 6.61 Å². The van der Waals surface area contributed by atoms with Crippen LogP contribution in [0.15, 0.2) is 187 Å². The molecule has 0 N–H and O–H groups in total. The maximum absolute atomic E-state index is 10.2. The first-order valence-corrected chi connectivity index (χ1v) is 23.0. The van der Waals surface area contributed by atoms with Gasteiger partial charge in [-0.1, -0.05) is 187 Å². The molecule has 13 nitrogen and oxygen atoms in total. The molecule has 0 radical (unpaired) electrons. The first kappa shape index (κ1) is 48.7. The van der Waals surface area contributed by atoms with Crippen molar-refractivity contribution in [2.24, 2.45) is 5.11 Å². The molecular formula is C55H59N3O10. The molecule has 6 aromatic carbocycles. The Kier molecular flexibility index (Phi) is 18.7. The summed E-state index contributed by atoms with van der Waals surface area (Å²) < 4.78 is 66.6. The number of ether oxygens (including phenoxy) is 10. The molecule has 0 spiro atoms. The van der Waals surface area contributed by atoms with Crippen LogP contribution in [0.1, 0.15) is 33.4 Å². The van der Waals surface area contributed by atoms with Gasteiger partial charge in [0.15, 0.2) is 12.6 Å². The predicted octanol–water partition coefficient (Wildman–Crippen LogP) is 9.92. The average Bonchev–Trinajstić information content (AvgIpc) is 3.40. The van der Waals surface area contributed by atoms with Gasteiger partial charge in [-0.2, -0.15) is 0 Å². The molecule has 2 aliphatic heterocycles. The number of nitrogens with zero attached hydrogens (tertiary/aromatic N) is 3. The molecule has 8 rings (SSSR count). The molecule has 0 amide bonds. The van der Waals surface area contributed by atoms with Gasteiger partial charge in [0.2, 0.25) is 0 Å². The summed E-state index contributed by atoms with van der Waals surface area (Å²) in [7, 11) is 1.58. The summed E-state index contributed by atoms with van der Waals surface area (Å²) in [6.45, 7) is 1.62. The summed E-state index contributed by atoms with van der Waals surface area (Å²) in [5.74, 6) is 0. The van der Waals surface area contributed by atoms with E-state index in [-0.39, 0.29) is 46.2 Å². The third-order valence-electron chi connectivity index (χ3n) is 11.9. The van der Waals surface area contributed by atoms with Gasteiger partial charge >= 0.3 is 0 Å². The fraction of sp³-hybridized carbons (Fsp3) is 0.345. The largest absolute Gasteiger partial charge is 0.374 e. The Balaban J connectivity index is 1.10. The van der Waals surface area contributed by atoms with Gasteiger partial charge in [0.25, 0.3) is 0 Å². The van der Waals surface area contributed by atoms with Gasteiger partial charge in [0.05, 0.1) is 52.9 Å². The average molecular weight is 922 g/mol. The predicted molar refractivity (Wildman–Crippen MR) is 254 cm³/mol. The van der Waals surface area contributed by atoms with Crippen LogP contribution in [0.4, 0.5) is 0 Å². The van der Waals surface area contributed by atoms with Crippen LogP contribution in [-0.2, 0) is 87.0 Å². The summed E-state index contributed by atoms with van der Waals surface area (Å²) in [6.07, 6.45) is -7.27. The minimum Gasteiger partial charge on any atom is -0.374 e. The van der Waals surface area contributed by atoms with Crippen LogP contribution in [0, 0.1) is 0 Å². The lowest BCUT2D eigenvalue weighted by Crippen LogP contribution is -2.63. The van der Waals surface area contributed by atoms with E-state index < -0.39 is 61.3 Å². The maximum atomic E-state index is 10.2. The summed E-state index contributed by atoms with van der Waals surface area (Å²) >= 11 is 0. The van der Waals surface area contributed by atoms with E-state index >= 15 is 0 Å². The van der Waals surface area contributed by atoms with E-state index in [9.17, 15) is 5.53 Å².